The highest BCUT2D eigenvalue weighted by atomic mass is 35.5. The van der Waals surface area contributed by atoms with Gasteiger partial charge in [0.25, 0.3) is 0 Å². The number of anilines is 1. The molecule has 1 aromatic carbocycles. The van der Waals surface area contributed by atoms with Gasteiger partial charge in [-0.25, -0.2) is 4.79 Å². The van der Waals surface area contributed by atoms with E-state index >= 15 is 0 Å². The molecule has 0 radical (unpaired) electrons. The van der Waals surface area contributed by atoms with Crippen LogP contribution in [-0.2, 0) is 16.1 Å². The molecule has 0 fully saturated rings. The first kappa shape index (κ1) is 16.8. The molecule has 0 spiro atoms. The predicted molar refractivity (Wildman–Crippen MR) is 76.8 cm³/mol. The summed E-state index contributed by atoms with van der Waals surface area (Å²) in [6.07, 6.45) is -0.361. The SMILES string of the molecule is CN1Cc2ccc(C(=O)O)cc2N[C@@H](CC(=O)O)C1=O.Cl. The normalized spacial score (nSPS) is 17.1. The molecular weight excluding hydrogens is 300 g/mol. The molecule has 1 aliphatic rings. The van der Waals surface area contributed by atoms with Gasteiger partial charge in [0.1, 0.15) is 6.04 Å². The van der Waals surface area contributed by atoms with Crippen LogP contribution in [0.25, 0.3) is 0 Å². The summed E-state index contributed by atoms with van der Waals surface area (Å²) in [7, 11) is 1.58. The fourth-order valence-electron chi connectivity index (χ4n) is 2.14. The van der Waals surface area contributed by atoms with E-state index in [1.807, 2.05) is 0 Å². The molecule has 0 saturated heterocycles. The van der Waals surface area contributed by atoms with E-state index in [2.05, 4.69) is 5.32 Å². The molecule has 1 amide bonds. The first-order valence-electron chi connectivity index (χ1n) is 5.98. The zero-order valence-electron chi connectivity index (χ0n) is 11.2. The second-order valence-electron chi connectivity index (χ2n) is 4.67. The molecule has 1 aromatic rings. The minimum Gasteiger partial charge on any atom is -0.481 e. The lowest BCUT2D eigenvalue weighted by atomic mass is 10.1. The van der Waals surface area contributed by atoms with E-state index in [1.165, 1.54) is 17.0 Å². The molecule has 8 heteroatoms. The van der Waals surface area contributed by atoms with Crippen molar-refractivity contribution in [2.45, 2.75) is 19.0 Å². The monoisotopic (exact) mass is 314 g/mol. The van der Waals surface area contributed by atoms with Crippen molar-refractivity contribution in [2.24, 2.45) is 0 Å². The second kappa shape index (κ2) is 6.45. The molecule has 114 valence electrons. The number of aliphatic carboxylic acids is 1. The molecule has 1 atom stereocenters. The molecular formula is C13H15ClN2O5. The van der Waals surface area contributed by atoms with E-state index in [1.54, 1.807) is 13.1 Å². The third kappa shape index (κ3) is 3.63. The first-order chi connectivity index (χ1) is 9.38. The van der Waals surface area contributed by atoms with Crippen molar-refractivity contribution in [3.63, 3.8) is 0 Å². The van der Waals surface area contributed by atoms with Crippen LogP contribution in [0.2, 0.25) is 0 Å². The number of nitrogens with one attached hydrogen (secondary N) is 1. The van der Waals surface area contributed by atoms with Crippen molar-refractivity contribution >= 4 is 35.9 Å². The number of benzene rings is 1. The Balaban J connectivity index is 0.00000220. The van der Waals surface area contributed by atoms with Crippen LogP contribution in [0.4, 0.5) is 5.69 Å². The van der Waals surface area contributed by atoms with Gasteiger partial charge in [-0.2, -0.15) is 0 Å². The number of carbonyl (C=O) groups excluding carboxylic acids is 1. The number of likely N-dealkylation sites (N-methyl/N-ethyl adjacent to an activating group) is 1. The third-order valence-electron chi connectivity index (χ3n) is 3.15. The Morgan fingerprint density at radius 3 is 2.62 bits per heavy atom. The van der Waals surface area contributed by atoms with Gasteiger partial charge < -0.3 is 20.4 Å². The Bertz CT molecular complexity index is 590. The lowest BCUT2D eigenvalue weighted by Gasteiger charge is -2.19. The Labute approximate surface area is 127 Å². The molecule has 2 rings (SSSR count). The summed E-state index contributed by atoms with van der Waals surface area (Å²) in [5.41, 5.74) is 1.31. The third-order valence-corrected chi connectivity index (χ3v) is 3.15. The largest absolute Gasteiger partial charge is 0.481 e. The standard InChI is InChI=1S/C13H14N2O5.ClH/c1-15-6-8-3-2-7(13(19)20)4-9(8)14-10(12(15)18)5-11(16)17;/h2-4,10,14H,5-6H2,1H3,(H,16,17)(H,19,20);1H/t10-;/m0./s1. The minimum absolute atomic E-state index is 0. The lowest BCUT2D eigenvalue weighted by molar-refractivity contribution is -0.141. The summed E-state index contributed by atoms with van der Waals surface area (Å²) >= 11 is 0. The van der Waals surface area contributed by atoms with E-state index in [-0.39, 0.29) is 30.3 Å². The van der Waals surface area contributed by atoms with Gasteiger partial charge in [-0.15, -0.1) is 12.4 Å². The summed E-state index contributed by atoms with van der Waals surface area (Å²) in [5.74, 6) is -2.50. The summed E-state index contributed by atoms with van der Waals surface area (Å²) < 4.78 is 0. The zero-order chi connectivity index (χ0) is 14.9. The minimum atomic E-state index is -1.10. The van der Waals surface area contributed by atoms with Crippen LogP contribution in [0.5, 0.6) is 0 Å². The van der Waals surface area contributed by atoms with Crippen molar-refractivity contribution in [1.82, 2.24) is 4.90 Å². The number of hydrogen-bond donors (Lipinski definition) is 3. The molecule has 7 nitrogen and oxygen atoms in total. The van der Waals surface area contributed by atoms with E-state index in [0.717, 1.165) is 5.56 Å². The number of aromatic carboxylic acids is 1. The number of fused-ring (bicyclic) bond motifs is 1. The maximum absolute atomic E-state index is 12.1. The molecule has 0 aromatic heterocycles. The van der Waals surface area contributed by atoms with Crippen molar-refractivity contribution in [3.05, 3.63) is 29.3 Å². The van der Waals surface area contributed by atoms with E-state index in [4.69, 9.17) is 10.2 Å². The highest BCUT2D eigenvalue weighted by Gasteiger charge is 2.29. The topological polar surface area (TPSA) is 107 Å². The smallest absolute Gasteiger partial charge is 0.335 e. The zero-order valence-corrected chi connectivity index (χ0v) is 12.0. The van der Waals surface area contributed by atoms with Crippen LogP contribution >= 0.6 is 12.4 Å². The summed E-state index contributed by atoms with van der Waals surface area (Å²) in [6, 6.07) is 3.60. The molecule has 0 saturated carbocycles. The molecule has 0 bridgehead atoms. The van der Waals surface area contributed by atoms with Crippen LogP contribution in [-0.4, -0.2) is 46.0 Å². The number of carboxylic acids is 2. The van der Waals surface area contributed by atoms with E-state index in [9.17, 15) is 14.4 Å². The van der Waals surface area contributed by atoms with Gasteiger partial charge in [0.2, 0.25) is 5.91 Å². The Kier molecular flexibility index (Phi) is 5.15. The number of carboxylic acid groups (broad SMARTS) is 2. The van der Waals surface area contributed by atoms with Crippen molar-refractivity contribution in [1.29, 1.82) is 0 Å². The van der Waals surface area contributed by atoms with Crippen molar-refractivity contribution in [3.8, 4) is 0 Å². The molecule has 3 N–H and O–H groups in total. The van der Waals surface area contributed by atoms with Gasteiger partial charge in [-0.1, -0.05) is 6.07 Å². The lowest BCUT2D eigenvalue weighted by Crippen LogP contribution is -2.39. The molecule has 21 heavy (non-hydrogen) atoms. The molecule has 0 aliphatic carbocycles. The van der Waals surface area contributed by atoms with Crippen molar-refractivity contribution < 1.29 is 24.6 Å². The average molecular weight is 315 g/mol. The highest BCUT2D eigenvalue weighted by molar-refractivity contribution is 5.92. The maximum Gasteiger partial charge on any atom is 0.335 e. The molecule has 1 aliphatic heterocycles. The Hall–Kier alpha value is -2.28. The van der Waals surface area contributed by atoms with Gasteiger partial charge in [-0.05, 0) is 17.7 Å². The summed E-state index contributed by atoms with van der Waals surface area (Å²) in [6.45, 7) is 0.303. The van der Waals surface area contributed by atoms with Crippen LogP contribution in [0.3, 0.4) is 0 Å². The molecule has 1 heterocycles. The number of hydrogen-bond acceptors (Lipinski definition) is 4. The van der Waals surface area contributed by atoms with Crippen LogP contribution in [0.15, 0.2) is 18.2 Å². The van der Waals surface area contributed by atoms with E-state index < -0.39 is 18.0 Å². The number of carbonyl (C=O) groups is 3. The predicted octanol–water partition coefficient (Wildman–Crippen LogP) is 1.03. The van der Waals surface area contributed by atoms with Gasteiger partial charge >= 0.3 is 11.9 Å². The van der Waals surface area contributed by atoms with Crippen LogP contribution in [0.1, 0.15) is 22.3 Å². The number of amides is 1. The second-order valence-corrected chi connectivity index (χ2v) is 4.67. The van der Waals surface area contributed by atoms with Gasteiger partial charge in [0.05, 0.1) is 12.0 Å². The van der Waals surface area contributed by atoms with Gasteiger partial charge in [0, 0.05) is 19.3 Å². The Morgan fingerprint density at radius 2 is 2.05 bits per heavy atom. The van der Waals surface area contributed by atoms with E-state index in [0.29, 0.717) is 12.2 Å². The fraction of sp³-hybridized carbons (Fsp3) is 0.308. The maximum atomic E-state index is 12.1. The summed E-state index contributed by atoms with van der Waals surface area (Å²) in [5, 5.41) is 20.7. The Morgan fingerprint density at radius 1 is 1.38 bits per heavy atom. The number of halogens is 1. The average Bonchev–Trinajstić information content (AvgIpc) is 2.47. The quantitative estimate of drug-likeness (QED) is 0.769. The highest BCUT2D eigenvalue weighted by Crippen LogP contribution is 2.24. The summed E-state index contributed by atoms with van der Waals surface area (Å²) in [4.78, 5) is 35.3. The van der Waals surface area contributed by atoms with Crippen molar-refractivity contribution in [2.75, 3.05) is 12.4 Å². The fourth-order valence-corrected chi connectivity index (χ4v) is 2.14. The first-order valence-corrected chi connectivity index (χ1v) is 5.98. The van der Waals surface area contributed by atoms with Crippen LogP contribution < -0.4 is 5.32 Å². The number of rotatable bonds is 3. The van der Waals surface area contributed by atoms with Gasteiger partial charge in [0.15, 0.2) is 0 Å². The van der Waals surface area contributed by atoms with Gasteiger partial charge in [-0.3, -0.25) is 9.59 Å². The van der Waals surface area contributed by atoms with Crippen LogP contribution in [0, 0.1) is 0 Å². The number of nitrogens with zero attached hydrogens (tertiary/aromatic N) is 1. The molecule has 0 unspecified atom stereocenters.